The zero-order chi connectivity index (χ0) is 19.5. The Morgan fingerprint density at radius 2 is 2.00 bits per heavy atom. The molecule has 0 aromatic heterocycles. The molecule has 2 aliphatic heterocycles. The number of β-lactam (4-membered cyclic amide) rings is 1. The zero-order valence-electron chi connectivity index (χ0n) is 16.0. The SMILES string of the molecule is CCCCO[C@H]1C(=O)N2C(C(=O)OC(C)(C)C)=C(COC(C)=O)CS[C@H]12. The van der Waals surface area contributed by atoms with Gasteiger partial charge < -0.3 is 14.2 Å². The van der Waals surface area contributed by atoms with E-state index in [4.69, 9.17) is 14.2 Å². The lowest BCUT2D eigenvalue weighted by Crippen LogP contribution is -2.66. The van der Waals surface area contributed by atoms with E-state index in [1.54, 1.807) is 20.8 Å². The molecule has 1 saturated heterocycles. The van der Waals surface area contributed by atoms with Crippen LogP contribution >= 0.6 is 11.8 Å². The number of fused-ring (bicyclic) bond motifs is 1. The molecule has 8 heteroatoms. The minimum Gasteiger partial charge on any atom is -0.461 e. The summed E-state index contributed by atoms with van der Waals surface area (Å²) in [6.45, 7) is 9.14. The fourth-order valence-corrected chi connectivity index (χ4v) is 3.96. The van der Waals surface area contributed by atoms with Crippen molar-refractivity contribution in [3.8, 4) is 0 Å². The number of esters is 2. The van der Waals surface area contributed by atoms with Gasteiger partial charge in [0.25, 0.3) is 5.91 Å². The summed E-state index contributed by atoms with van der Waals surface area (Å²) in [5.74, 6) is -0.794. The van der Waals surface area contributed by atoms with Gasteiger partial charge in [-0.25, -0.2) is 4.79 Å². The van der Waals surface area contributed by atoms with Gasteiger partial charge in [-0.15, -0.1) is 11.8 Å². The molecule has 0 radical (unpaired) electrons. The van der Waals surface area contributed by atoms with E-state index in [1.165, 1.54) is 23.6 Å². The normalized spacial score (nSPS) is 22.7. The van der Waals surface area contributed by atoms with Crippen LogP contribution in [0.2, 0.25) is 0 Å². The molecule has 1 fully saturated rings. The monoisotopic (exact) mass is 385 g/mol. The molecule has 0 aliphatic carbocycles. The number of carbonyl (C=O) groups excluding carboxylic acids is 3. The second kappa shape index (κ2) is 8.43. The van der Waals surface area contributed by atoms with Crippen LogP contribution in [-0.4, -0.2) is 58.8 Å². The third-order valence-electron chi connectivity index (χ3n) is 3.84. The highest BCUT2D eigenvalue weighted by molar-refractivity contribution is 8.00. The molecule has 0 saturated carbocycles. The number of ether oxygens (including phenoxy) is 3. The molecule has 0 N–H and O–H groups in total. The molecular formula is C18H27NO6S. The average Bonchev–Trinajstić information content (AvgIpc) is 2.54. The van der Waals surface area contributed by atoms with Gasteiger partial charge in [-0.1, -0.05) is 13.3 Å². The Bertz CT molecular complexity index is 609. The zero-order valence-corrected chi connectivity index (χ0v) is 16.8. The molecule has 0 aromatic carbocycles. The van der Waals surface area contributed by atoms with Crippen LogP contribution in [0.25, 0.3) is 0 Å². The van der Waals surface area contributed by atoms with Crippen LogP contribution in [0.4, 0.5) is 0 Å². The Morgan fingerprint density at radius 1 is 1.31 bits per heavy atom. The first-order valence-corrected chi connectivity index (χ1v) is 9.85. The van der Waals surface area contributed by atoms with Crippen LogP contribution in [0.15, 0.2) is 11.3 Å². The van der Waals surface area contributed by atoms with Crippen LogP contribution in [0.5, 0.6) is 0 Å². The molecule has 0 spiro atoms. The quantitative estimate of drug-likeness (QED) is 0.378. The topological polar surface area (TPSA) is 82.1 Å². The van der Waals surface area contributed by atoms with E-state index in [0.29, 0.717) is 17.9 Å². The summed E-state index contributed by atoms with van der Waals surface area (Å²) >= 11 is 1.50. The number of unbranched alkanes of at least 4 members (excludes halogenated alkanes) is 1. The van der Waals surface area contributed by atoms with Crippen molar-refractivity contribution >= 4 is 29.6 Å². The molecule has 1 amide bonds. The Kier molecular flexibility index (Phi) is 6.74. The van der Waals surface area contributed by atoms with Crippen LogP contribution in [0.3, 0.4) is 0 Å². The highest BCUT2D eigenvalue weighted by Crippen LogP contribution is 2.42. The van der Waals surface area contributed by atoms with Gasteiger partial charge in [-0.2, -0.15) is 0 Å². The maximum Gasteiger partial charge on any atom is 0.355 e. The standard InChI is InChI=1S/C18H27NO6S/c1-6-7-8-23-14-15(21)19-13(17(22)25-18(3,4)5)12(9-24-11(2)20)10-26-16(14)19/h14,16H,6-10H2,1-5H3/t14-,16+/m0/s1. The predicted molar refractivity (Wildman–Crippen MR) is 97.2 cm³/mol. The van der Waals surface area contributed by atoms with E-state index >= 15 is 0 Å². The molecule has 2 rings (SSSR count). The van der Waals surface area contributed by atoms with Crippen molar-refractivity contribution in [2.75, 3.05) is 19.0 Å². The summed E-state index contributed by atoms with van der Waals surface area (Å²) < 4.78 is 16.2. The number of hydrogen-bond acceptors (Lipinski definition) is 7. The number of amides is 1. The van der Waals surface area contributed by atoms with E-state index in [-0.39, 0.29) is 23.6 Å². The van der Waals surface area contributed by atoms with Gasteiger partial charge in [0, 0.05) is 24.9 Å². The molecule has 26 heavy (non-hydrogen) atoms. The maximum absolute atomic E-state index is 12.7. The molecule has 0 bridgehead atoms. The smallest absolute Gasteiger partial charge is 0.355 e. The van der Waals surface area contributed by atoms with Crippen molar-refractivity contribution in [1.29, 1.82) is 0 Å². The maximum atomic E-state index is 12.7. The van der Waals surface area contributed by atoms with Crippen LogP contribution < -0.4 is 0 Å². The van der Waals surface area contributed by atoms with E-state index in [0.717, 1.165) is 12.8 Å². The minimum absolute atomic E-state index is 0.0330. The number of thioether (sulfide) groups is 1. The van der Waals surface area contributed by atoms with Gasteiger partial charge in [0.2, 0.25) is 0 Å². The minimum atomic E-state index is -0.693. The van der Waals surface area contributed by atoms with Crippen molar-refractivity contribution in [2.24, 2.45) is 0 Å². The lowest BCUT2D eigenvalue weighted by molar-refractivity contribution is -0.169. The average molecular weight is 385 g/mol. The van der Waals surface area contributed by atoms with Gasteiger partial charge in [-0.05, 0) is 27.2 Å². The molecule has 2 heterocycles. The van der Waals surface area contributed by atoms with Crippen molar-refractivity contribution in [3.63, 3.8) is 0 Å². The fourth-order valence-electron chi connectivity index (χ4n) is 2.64. The number of rotatable bonds is 7. The Morgan fingerprint density at radius 3 is 2.58 bits per heavy atom. The van der Waals surface area contributed by atoms with E-state index in [9.17, 15) is 14.4 Å². The van der Waals surface area contributed by atoms with Gasteiger partial charge in [0.1, 0.15) is 23.3 Å². The first-order chi connectivity index (χ1) is 12.2. The van der Waals surface area contributed by atoms with Crippen molar-refractivity contribution < 1.29 is 28.6 Å². The first-order valence-electron chi connectivity index (χ1n) is 8.80. The van der Waals surface area contributed by atoms with Crippen molar-refractivity contribution in [2.45, 2.75) is 64.5 Å². The molecule has 0 unspecified atom stereocenters. The number of hydrogen-bond donors (Lipinski definition) is 0. The Balaban J connectivity index is 2.21. The van der Waals surface area contributed by atoms with Crippen molar-refractivity contribution in [3.05, 3.63) is 11.3 Å². The number of nitrogens with zero attached hydrogens (tertiary/aromatic N) is 1. The van der Waals surface area contributed by atoms with Crippen molar-refractivity contribution in [1.82, 2.24) is 4.90 Å². The second-order valence-electron chi connectivity index (χ2n) is 7.29. The summed E-state index contributed by atoms with van der Waals surface area (Å²) in [5.41, 5.74) is 0.0723. The number of carbonyl (C=O) groups is 3. The molecule has 7 nitrogen and oxygen atoms in total. The highest BCUT2D eigenvalue weighted by atomic mass is 32.2. The highest BCUT2D eigenvalue weighted by Gasteiger charge is 2.54. The summed E-state index contributed by atoms with van der Waals surface area (Å²) in [7, 11) is 0. The van der Waals surface area contributed by atoms with Crippen LogP contribution in [-0.2, 0) is 28.6 Å². The van der Waals surface area contributed by atoms with Crippen LogP contribution in [0.1, 0.15) is 47.5 Å². The third kappa shape index (κ3) is 4.79. The molecule has 0 aromatic rings. The van der Waals surface area contributed by atoms with Gasteiger partial charge >= 0.3 is 11.9 Å². The summed E-state index contributed by atoms with van der Waals surface area (Å²) in [6.07, 6.45) is 1.32. The summed E-state index contributed by atoms with van der Waals surface area (Å²) in [6, 6.07) is 0. The molecule has 2 aliphatic rings. The fraction of sp³-hybridized carbons (Fsp3) is 0.722. The van der Waals surface area contributed by atoms with E-state index in [1.807, 2.05) is 0 Å². The van der Waals surface area contributed by atoms with Gasteiger partial charge in [0.05, 0.1) is 0 Å². The van der Waals surface area contributed by atoms with E-state index < -0.39 is 23.6 Å². The predicted octanol–water partition coefficient (Wildman–Crippen LogP) is 2.25. The largest absolute Gasteiger partial charge is 0.461 e. The van der Waals surface area contributed by atoms with E-state index in [2.05, 4.69) is 6.92 Å². The van der Waals surface area contributed by atoms with Gasteiger partial charge in [0.15, 0.2) is 6.10 Å². The lowest BCUT2D eigenvalue weighted by atomic mass is 10.0. The lowest BCUT2D eigenvalue weighted by Gasteiger charge is -2.49. The Labute approximate surface area is 158 Å². The first kappa shape index (κ1) is 20.8. The van der Waals surface area contributed by atoms with Gasteiger partial charge in [-0.3, -0.25) is 14.5 Å². The van der Waals surface area contributed by atoms with Crippen LogP contribution in [0, 0.1) is 0 Å². The Hall–Kier alpha value is -1.54. The second-order valence-corrected chi connectivity index (χ2v) is 8.39. The third-order valence-corrected chi connectivity index (χ3v) is 5.15. The summed E-state index contributed by atoms with van der Waals surface area (Å²) in [5, 5.41) is -0.247. The molecule has 2 atom stereocenters. The molecular weight excluding hydrogens is 358 g/mol. The molecule has 146 valence electrons. The summed E-state index contributed by atoms with van der Waals surface area (Å²) in [4.78, 5) is 37.9.